The summed E-state index contributed by atoms with van der Waals surface area (Å²) in [6, 6.07) is 18.5. The van der Waals surface area contributed by atoms with Gasteiger partial charge in [0.15, 0.2) is 11.5 Å². The second kappa shape index (κ2) is 9.85. The van der Waals surface area contributed by atoms with E-state index >= 15 is 0 Å². The zero-order valence-electron chi connectivity index (χ0n) is 16.3. The van der Waals surface area contributed by atoms with Crippen LogP contribution in [0.2, 0.25) is 5.02 Å². The predicted molar refractivity (Wildman–Crippen MR) is 122 cm³/mol. The van der Waals surface area contributed by atoms with Crippen LogP contribution in [-0.4, -0.2) is 18.9 Å². The molecule has 1 heterocycles. The van der Waals surface area contributed by atoms with Gasteiger partial charge >= 0.3 is 0 Å². The first-order valence-corrected chi connectivity index (χ1v) is 10.6. The molecule has 1 aliphatic heterocycles. The second-order valence-electron chi connectivity index (χ2n) is 6.73. The number of benzene rings is 3. The van der Waals surface area contributed by atoms with Gasteiger partial charge in [-0.25, -0.2) is 5.43 Å². The fraction of sp³-hybridized carbons (Fsp3) is 0.130. The van der Waals surface area contributed by atoms with E-state index in [0.717, 1.165) is 21.2 Å². The molecule has 0 saturated heterocycles. The molecule has 0 radical (unpaired) electrons. The highest BCUT2D eigenvalue weighted by Gasteiger charge is 2.14. The number of carbonyl (C=O) groups excluding carboxylic acids is 1. The Bertz CT molecular complexity index is 1140. The van der Waals surface area contributed by atoms with E-state index in [1.54, 1.807) is 18.3 Å². The number of hydrogen-bond donors (Lipinski definition) is 1. The van der Waals surface area contributed by atoms with Gasteiger partial charge < -0.3 is 14.2 Å². The summed E-state index contributed by atoms with van der Waals surface area (Å²) in [6.07, 6.45) is 1.76. The van der Waals surface area contributed by atoms with Crippen molar-refractivity contribution in [2.24, 2.45) is 5.10 Å². The molecular formula is C23H18BrClN2O4. The molecule has 1 aliphatic rings. The predicted octanol–water partition coefficient (Wildman–Crippen LogP) is 5.10. The fourth-order valence-electron chi connectivity index (χ4n) is 2.94. The molecule has 0 saturated carbocycles. The van der Waals surface area contributed by atoms with Crippen LogP contribution in [0.1, 0.15) is 16.7 Å². The van der Waals surface area contributed by atoms with E-state index in [2.05, 4.69) is 26.5 Å². The second-order valence-corrected chi connectivity index (χ2v) is 7.99. The lowest BCUT2D eigenvalue weighted by Gasteiger charge is -2.10. The summed E-state index contributed by atoms with van der Waals surface area (Å²) in [6.45, 7) is 0.566. The number of amides is 1. The highest BCUT2D eigenvalue weighted by molar-refractivity contribution is 9.10. The SMILES string of the molecule is O=C(Cc1ccc2c(c1)OCO2)N/N=C\c1ccc(OCc2ccccc2Cl)c(Br)c1. The summed E-state index contributed by atoms with van der Waals surface area (Å²) in [7, 11) is 0. The Kier molecular flexibility index (Phi) is 6.74. The number of carbonyl (C=O) groups is 1. The number of hydrogen-bond acceptors (Lipinski definition) is 5. The van der Waals surface area contributed by atoms with Crippen LogP contribution in [-0.2, 0) is 17.8 Å². The Morgan fingerprint density at radius 3 is 2.81 bits per heavy atom. The van der Waals surface area contributed by atoms with Gasteiger partial charge in [-0.05, 0) is 63.5 Å². The maximum absolute atomic E-state index is 12.1. The highest BCUT2D eigenvalue weighted by Crippen LogP contribution is 2.32. The van der Waals surface area contributed by atoms with Crippen molar-refractivity contribution < 1.29 is 19.0 Å². The van der Waals surface area contributed by atoms with Crippen LogP contribution in [0, 0.1) is 0 Å². The summed E-state index contributed by atoms with van der Waals surface area (Å²) in [5.74, 6) is 1.79. The van der Waals surface area contributed by atoms with Crippen molar-refractivity contribution in [2.75, 3.05) is 6.79 Å². The summed E-state index contributed by atoms with van der Waals surface area (Å²) in [5.41, 5.74) is 5.07. The number of nitrogens with zero attached hydrogens (tertiary/aromatic N) is 1. The van der Waals surface area contributed by atoms with Gasteiger partial charge in [-0.2, -0.15) is 5.10 Å². The van der Waals surface area contributed by atoms with Crippen molar-refractivity contribution >= 4 is 39.7 Å². The van der Waals surface area contributed by atoms with Gasteiger partial charge in [-0.15, -0.1) is 0 Å². The summed E-state index contributed by atoms with van der Waals surface area (Å²) in [4.78, 5) is 12.1. The average molecular weight is 502 g/mol. The molecule has 0 spiro atoms. The minimum Gasteiger partial charge on any atom is -0.488 e. The molecule has 3 aromatic carbocycles. The first-order chi connectivity index (χ1) is 15.1. The molecule has 3 aromatic rings. The molecule has 0 aliphatic carbocycles. The minimum absolute atomic E-state index is 0.187. The molecule has 0 fully saturated rings. The van der Waals surface area contributed by atoms with E-state index in [4.69, 9.17) is 25.8 Å². The van der Waals surface area contributed by atoms with Crippen LogP contribution >= 0.6 is 27.5 Å². The molecule has 0 aromatic heterocycles. The van der Waals surface area contributed by atoms with Crippen molar-refractivity contribution in [1.82, 2.24) is 5.43 Å². The topological polar surface area (TPSA) is 69.2 Å². The van der Waals surface area contributed by atoms with E-state index in [0.29, 0.717) is 28.9 Å². The molecule has 158 valence electrons. The fourth-order valence-corrected chi connectivity index (χ4v) is 3.64. The number of hydrazone groups is 1. The normalized spacial score (nSPS) is 12.2. The largest absolute Gasteiger partial charge is 0.488 e. The first-order valence-electron chi connectivity index (χ1n) is 9.45. The van der Waals surface area contributed by atoms with Crippen LogP contribution < -0.4 is 19.6 Å². The van der Waals surface area contributed by atoms with Crippen LogP contribution in [0.5, 0.6) is 17.2 Å². The molecule has 0 atom stereocenters. The van der Waals surface area contributed by atoms with Crippen molar-refractivity contribution in [2.45, 2.75) is 13.0 Å². The number of ether oxygens (including phenoxy) is 3. The summed E-state index contributed by atoms with van der Waals surface area (Å²) >= 11 is 9.66. The lowest BCUT2D eigenvalue weighted by molar-refractivity contribution is -0.120. The zero-order valence-corrected chi connectivity index (χ0v) is 18.7. The molecule has 31 heavy (non-hydrogen) atoms. The molecular weight excluding hydrogens is 484 g/mol. The molecule has 0 unspecified atom stereocenters. The Morgan fingerprint density at radius 1 is 1.13 bits per heavy atom. The minimum atomic E-state index is -0.228. The molecule has 4 rings (SSSR count). The molecule has 1 N–H and O–H groups in total. The Hall–Kier alpha value is -3.03. The maximum Gasteiger partial charge on any atom is 0.244 e. The van der Waals surface area contributed by atoms with Gasteiger partial charge in [0.05, 0.1) is 17.1 Å². The van der Waals surface area contributed by atoms with E-state index in [9.17, 15) is 4.79 Å². The van der Waals surface area contributed by atoms with Gasteiger partial charge in [0, 0.05) is 10.6 Å². The lowest BCUT2D eigenvalue weighted by Crippen LogP contribution is -2.19. The van der Waals surface area contributed by atoms with Gasteiger partial charge in [-0.1, -0.05) is 35.9 Å². The number of fused-ring (bicyclic) bond motifs is 1. The van der Waals surface area contributed by atoms with Gasteiger partial charge in [0.25, 0.3) is 0 Å². The molecule has 0 bridgehead atoms. The average Bonchev–Trinajstić information content (AvgIpc) is 3.22. The summed E-state index contributed by atoms with van der Waals surface area (Å²) < 4.78 is 17.2. The third-order valence-corrected chi connectivity index (χ3v) is 5.49. The smallest absolute Gasteiger partial charge is 0.244 e. The number of halogens is 2. The van der Waals surface area contributed by atoms with Gasteiger partial charge in [-0.3, -0.25) is 4.79 Å². The third kappa shape index (κ3) is 5.57. The first kappa shape index (κ1) is 21.2. The van der Waals surface area contributed by atoms with E-state index < -0.39 is 0 Å². The highest BCUT2D eigenvalue weighted by atomic mass is 79.9. The van der Waals surface area contributed by atoms with E-state index in [1.807, 2.05) is 48.5 Å². The van der Waals surface area contributed by atoms with Crippen molar-refractivity contribution in [3.63, 3.8) is 0 Å². The van der Waals surface area contributed by atoms with Crippen LogP contribution in [0.15, 0.2) is 70.2 Å². The Labute approximate surface area is 192 Å². The third-order valence-electron chi connectivity index (χ3n) is 4.50. The van der Waals surface area contributed by atoms with Gasteiger partial charge in [0.2, 0.25) is 12.7 Å². The quantitative estimate of drug-likeness (QED) is 0.361. The Balaban J connectivity index is 1.30. The summed E-state index contributed by atoms with van der Waals surface area (Å²) in [5, 5.41) is 4.69. The van der Waals surface area contributed by atoms with Crippen molar-refractivity contribution in [3.05, 3.63) is 86.8 Å². The van der Waals surface area contributed by atoms with Gasteiger partial charge in [0.1, 0.15) is 12.4 Å². The number of rotatable bonds is 7. The number of nitrogens with one attached hydrogen (secondary N) is 1. The molecule has 6 nitrogen and oxygen atoms in total. The van der Waals surface area contributed by atoms with Crippen LogP contribution in [0.4, 0.5) is 0 Å². The Morgan fingerprint density at radius 2 is 1.97 bits per heavy atom. The molecule has 8 heteroatoms. The van der Waals surface area contributed by atoms with Crippen molar-refractivity contribution in [3.8, 4) is 17.2 Å². The zero-order chi connectivity index (χ0) is 21.6. The standard InChI is InChI=1S/C23H18BrClN2O4/c24-18-9-16(6-7-20(18)29-13-17-3-1-2-4-19(17)25)12-26-27-23(28)11-15-5-8-21-22(10-15)31-14-30-21/h1-10,12H,11,13-14H2,(H,27,28)/b26-12-. The van der Waals surface area contributed by atoms with Crippen molar-refractivity contribution in [1.29, 1.82) is 0 Å². The van der Waals surface area contributed by atoms with E-state index in [-0.39, 0.29) is 19.1 Å². The monoisotopic (exact) mass is 500 g/mol. The maximum atomic E-state index is 12.1. The van der Waals surface area contributed by atoms with Crippen LogP contribution in [0.3, 0.4) is 0 Å². The van der Waals surface area contributed by atoms with E-state index in [1.165, 1.54) is 0 Å². The van der Waals surface area contributed by atoms with Crippen LogP contribution in [0.25, 0.3) is 0 Å². The molecule has 1 amide bonds. The lowest BCUT2D eigenvalue weighted by atomic mass is 10.1.